The van der Waals surface area contributed by atoms with Gasteiger partial charge in [-0.3, -0.25) is 9.59 Å². The fourth-order valence-electron chi connectivity index (χ4n) is 5.70. The normalized spacial score (nSPS) is 11.4. The van der Waals surface area contributed by atoms with Gasteiger partial charge in [-0.2, -0.15) is 13.2 Å². The lowest BCUT2D eigenvalue weighted by atomic mass is 10.0. The van der Waals surface area contributed by atoms with Gasteiger partial charge >= 0.3 is 12.1 Å². The number of fused-ring (bicyclic) bond motifs is 3. The largest absolute Gasteiger partial charge is 0.490 e. The summed E-state index contributed by atoms with van der Waals surface area (Å²) >= 11 is 0. The first-order valence-electron chi connectivity index (χ1n) is 16.3. The number of carbonyl (C=O) groups excluding carboxylic acids is 2. The third kappa shape index (κ3) is 9.61. The summed E-state index contributed by atoms with van der Waals surface area (Å²) in [5, 5.41) is 9.86. The van der Waals surface area contributed by atoms with E-state index in [1.165, 1.54) is 28.3 Å². The Kier molecular flexibility index (Phi) is 12.0. The van der Waals surface area contributed by atoms with Gasteiger partial charge in [-0.1, -0.05) is 84.9 Å². The van der Waals surface area contributed by atoms with Gasteiger partial charge in [-0.25, -0.2) is 9.18 Å². The number of para-hydroxylation sites is 2. The van der Waals surface area contributed by atoms with Crippen molar-refractivity contribution in [3.05, 3.63) is 149 Å². The van der Waals surface area contributed by atoms with E-state index in [0.29, 0.717) is 35.8 Å². The van der Waals surface area contributed by atoms with Crippen molar-refractivity contribution < 1.29 is 41.8 Å². The van der Waals surface area contributed by atoms with Gasteiger partial charge in [-0.15, -0.1) is 0 Å². The number of anilines is 1. The van der Waals surface area contributed by atoms with Crippen molar-refractivity contribution in [3.63, 3.8) is 0 Å². The summed E-state index contributed by atoms with van der Waals surface area (Å²) in [7, 11) is 0. The lowest BCUT2D eigenvalue weighted by Crippen LogP contribution is -2.32. The van der Waals surface area contributed by atoms with Crippen LogP contribution in [0, 0.1) is 5.82 Å². The molecule has 0 aromatic heterocycles. The van der Waals surface area contributed by atoms with Crippen LogP contribution in [-0.2, 0) is 40.4 Å². The van der Waals surface area contributed by atoms with Gasteiger partial charge in [0.1, 0.15) is 11.6 Å². The van der Waals surface area contributed by atoms with Gasteiger partial charge in [0.05, 0.1) is 12.2 Å². The molecule has 0 fully saturated rings. The third-order valence-corrected chi connectivity index (χ3v) is 8.26. The van der Waals surface area contributed by atoms with E-state index in [1.807, 2.05) is 48.5 Å². The predicted molar refractivity (Wildman–Crippen MR) is 188 cm³/mol. The maximum atomic E-state index is 14.0. The van der Waals surface area contributed by atoms with Crippen LogP contribution in [0.15, 0.2) is 115 Å². The monoisotopic (exact) mass is 713 g/mol. The molecular formula is C40H35F4N3O5. The van der Waals surface area contributed by atoms with Crippen LogP contribution in [0.5, 0.6) is 11.5 Å². The molecule has 1 aliphatic rings. The second kappa shape index (κ2) is 16.8. The summed E-state index contributed by atoms with van der Waals surface area (Å²) in [5.74, 6) is -2.58. The molecule has 0 unspecified atom stereocenters. The second-order valence-corrected chi connectivity index (χ2v) is 11.9. The average Bonchev–Trinajstić information content (AvgIpc) is 3.50. The van der Waals surface area contributed by atoms with Crippen LogP contribution in [0.1, 0.15) is 40.7 Å². The van der Waals surface area contributed by atoms with Crippen LogP contribution in [0.3, 0.4) is 0 Å². The van der Waals surface area contributed by atoms with Crippen molar-refractivity contribution in [1.82, 2.24) is 5.32 Å². The number of halogens is 4. The highest BCUT2D eigenvalue weighted by molar-refractivity contribution is 5.96. The molecule has 0 bridgehead atoms. The second-order valence-electron chi connectivity index (χ2n) is 11.9. The van der Waals surface area contributed by atoms with Crippen LogP contribution < -0.4 is 20.7 Å². The zero-order chi connectivity index (χ0) is 37.3. The topological polar surface area (TPSA) is 122 Å². The molecule has 0 atom stereocenters. The van der Waals surface area contributed by atoms with Crippen molar-refractivity contribution >= 4 is 23.5 Å². The summed E-state index contributed by atoms with van der Waals surface area (Å²) in [6.07, 6.45) is -4.31. The van der Waals surface area contributed by atoms with Gasteiger partial charge in [0.25, 0.3) is 0 Å². The number of nitrogens with one attached hydrogen (secondary N) is 1. The molecule has 2 amide bonds. The van der Waals surface area contributed by atoms with Gasteiger partial charge < -0.3 is 25.8 Å². The Morgan fingerprint density at radius 2 is 1.48 bits per heavy atom. The van der Waals surface area contributed by atoms with E-state index < -0.39 is 12.1 Å². The van der Waals surface area contributed by atoms with E-state index in [-0.39, 0.29) is 37.0 Å². The number of alkyl halides is 3. The molecule has 5 aromatic carbocycles. The highest BCUT2D eigenvalue weighted by Gasteiger charge is 2.38. The fraction of sp³-hybridized carbons (Fsp3) is 0.175. The van der Waals surface area contributed by atoms with Crippen LogP contribution in [0.25, 0.3) is 11.1 Å². The number of hydrogen-bond acceptors (Lipinski definition) is 5. The zero-order valence-corrected chi connectivity index (χ0v) is 27.8. The van der Waals surface area contributed by atoms with Crippen molar-refractivity contribution in [2.45, 2.75) is 45.1 Å². The first kappa shape index (κ1) is 37.3. The smallest absolute Gasteiger partial charge is 0.475 e. The first-order valence-corrected chi connectivity index (χ1v) is 16.3. The Balaban J connectivity index is 0.000000679. The van der Waals surface area contributed by atoms with Gasteiger partial charge in [0, 0.05) is 31.5 Å². The first-order chi connectivity index (χ1) is 24.9. The maximum Gasteiger partial charge on any atom is 0.490 e. The van der Waals surface area contributed by atoms with E-state index in [0.717, 1.165) is 17.5 Å². The molecule has 0 aliphatic heterocycles. The molecule has 6 rings (SSSR count). The molecule has 4 N–H and O–H groups in total. The van der Waals surface area contributed by atoms with Crippen molar-refractivity contribution in [3.8, 4) is 22.6 Å². The molecule has 0 saturated heterocycles. The SMILES string of the molecule is NCc1cccc(Oc2ccccc2N(Cc2ccc3c(c2)Cc2ccccc2-3)C(=O)CCC(=O)NCc2ccccc2F)c1.O=C(O)C(F)(F)F. The van der Waals surface area contributed by atoms with E-state index in [4.69, 9.17) is 20.4 Å². The molecule has 8 nitrogen and oxygen atoms in total. The minimum Gasteiger partial charge on any atom is -0.475 e. The minimum atomic E-state index is -5.08. The third-order valence-electron chi connectivity index (χ3n) is 8.26. The van der Waals surface area contributed by atoms with Crippen molar-refractivity contribution in [2.75, 3.05) is 4.90 Å². The predicted octanol–water partition coefficient (Wildman–Crippen LogP) is 7.91. The fourth-order valence-corrected chi connectivity index (χ4v) is 5.70. The highest BCUT2D eigenvalue weighted by atomic mass is 19.4. The lowest BCUT2D eigenvalue weighted by Gasteiger charge is -2.26. The van der Waals surface area contributed by atoms with Crippen LogP contribution in [-0.4, -0.2) is 29.1 Å². The summed E-state index contributed by atoms with van der Waals surface area (Å²) in [5.41, 5.74) is 13.7. The Bertz CT molecular complexity index is 2070. The number of rotatable bonds is 11. The van der Waals surface area contributed by atoms with E-state index >= 15 is 0 Å². The number of amides is 2. The van der Waals surface area contributed by atoms with Gasteiger partial charge in [-0.05, 0) is 70.1 Å². The lowest BCUT2D eigenvalue weighted by molar-refractivity contribution is -0.192. The van der Waals surface area contributed by atoms with E-state index in [9.17, 15) is 27.2 Å². The number of aliphatic carboxylic acids is 1. The van der Waals surface area contributed by atoms with Gasteiger partial charge in [0.2, 0.25) is 11.8 Å². The summed E-state index contributed by atoms with van der Waals surface area (Å²) in [6.45, 7) is 0.729. The molecule has 0 spiro atoms. The molecule has 1 aliphatic carbocycles. The number of benzene rings is 5. The highest BCUT2D eigenvalue weighted by Crippen LogP contribution is 2.38. The number of ether oxygens (including phenoxy) is 1. The minimum absolute atomic E-state index is 0.0313. The molecule has 5 aromatic rings. The maximum absolute atomic E-state index is 14.0. The molecule has 0 saturated carbocycles. The average molecular weight is 714 g/mol. The summed E-state index contributed by atoms with van der Waals surface area (Å²) in [6, 6.07) is 35.9. The van der Waals surface area contributed by atoms with E-state index in [2.05, 4.69) is 47.8 Å². The standard InChI is InChI=1S/C38H34FN3O3.C2HF3O2/c39-34-13-4-2-10-29(34)24-41-37(43)18-19-38(44)42(25-27-16-17-33-30(20-27)22-28-9-1-3-12-32(28)33)35-14-5-6-15-36(35)45-31-11-7-8-26(21-31)23-40;3-2(4,5)1(6)7/h1-17,20-21H,18-19,22-25,40H2,(H,41,43);(H,6,7). The number of nitrogens with two attached hydrogens (primary N) is 1. The van der Waals surface area contributed by atoms with Crippen molar-refractivity contribution in [1.29, 1.82) is 0 Å². The molecule has 268 valence electrons. The summed E-state index contributed by atoms with van der Waals surface area (Å²) in [4.78, 5) is 37.2. The number of carboxylic acids is 1. The quantitative estimate of drug-likeness (QED) is 0.117. The Hall–Kier alpha value is -6.01. The van der Waals surface area contributed by atoms with E-state index in [1.54, 1.807) is 23.1 Å². The molecule has 0 radical (unpaired) electrons. The van der Waals surface area contributed by atoms with Crippen LogP contribution >= 0.6 is 0 Å². The van der Waals surface area contributed by atoms with Gasteiger partial charge in [0.15, 0.2) is 5.75 Å². The van der Waals surface area contributed by atoms with Crippen LogP contribution in [0.2, 0.25) is 0 Å². The van der Waals surface area contributed by atoms with Crippen LogP contribution in [0.4, 0.5) is 23.2 Å². The Morgan fingerprint density at radius 3 is 2.23 bits per heavy atom. The summed E-state index contributed by atoms with van der Waals surface area (Å²) < 4.78 is 52.1. The molecule has 12 heteroatoms. The zero-order valence-electron chi connectivity index (χ0n) is 27.8. The number of nitrogens with zero attached hydrogens (tertiary/aromatic N) is 1. The molecular weight excluding hydrogens is 678 g/mol. The number of carbonyl (C=O) groups is 3. The Morgan fingerprint density at radius 1 is 0.788 bits per heavy atom. The van der Waals surface area contributed by atoms with Crippen molar-refractivity contribution in [2.24, 2.45) is 5.73 Å². The number of hydrogen-bond donors (Lipinski definition) is 3. The molecule has 0 heterocycles. The molecule has 52 heavy (non-hydrogen) atoms. The number of carboxylic acid groups (broad SMARTS) is 1. The Labute approximate surface area is 297 Å².